The lowest BCUT2D eigenvalue weighted by Crippen LogP contribution is -2.28. The molecule has 4 nitrogen and oxygen atoms in total. The number of carbonyl (C=O) groups excluding carboxylic acids is 1. The SMILES string of the molecule is CC(C)Cn1c(CN)c(-c2ccccc2)c2cc(C=O)ccc2c1=O. The van der Waals surface area contributed by atoms with E-state index in [4.69, 9.17) is 5.73 Å². The predicted octanol–water partition coefficient (Wildman–Crippen LogP) is 3.60. The summed E-state index contributed by atoms with van der Waals surface area (Å²) in [4.78, 5) is 24.3. The molecule has 0 aliphatic rings. The Balaban J connectivity index is 2.49. The van der Waals surface area contributed by atoms with E-state index >= 15 is 0 Å². The van der Waals surface area contributed by atoms with Crippen LogP contribution >= 0.6 is 0 Å². The van der Waals surface area contributed by atoms with Crippen LogP contribution in [0.1, 0.15) is 29.9 Å². The van der Waals surface area contributed by atoms with Crippen LogP contribution < -0.4 is 11.3 Å². The molecule has 0 atom stereocenters. The molecule has 0 radical (unpaired) electrons. The zero-order valence-electron chi connectivity index (χ0n) is 14.5. The molecule has 0 bridgehead atoms. The number of rotatable bonds is 5. The van der Waals surface area contributed by atoms with Gasteiger partial charge in [0.25, 0.3) is 5.56 Å². The summed E-state index contributed by atoms with van der Waals surface area (Å²) in [7, 11) is 0. The first-order valence-electron chi connectivity index (χ1n) is 8.47. The average Bonchev–Trinajstić information content (AvgIpc) is 2.63. The number of pyridine rings is 1. The number of nitrogens with two attached hydrogens (primary N) is 1. The predicted molar refractivity (Wildman–Crippen MR) is 102 cm³/mol. The fourth-order valence-electron chi connectivity index (χ4n) is 3.28. The van der Waals surface area contributed by atoms with Crippen molar-refractivity contribution in [3.8, 4) is 11.1 Å². The molecule has 25 heavy (non-hydrogen) atoms. The maximum Gasteiger partial charge on any atom is 0.258 e. The van der Waals surface area contributed by atoms with E-state index in [0.29, 0.717) is 23.4 Å². The van der Waals surface area contributed by atoms with Gasteiger partial charge in [-0.25, -0.2) is 0 Å². The largest absolute Gasteiger partial charge is 0.325 e. The number of hydrogen-bond acceptors (Lipinski definition) is 3. The fourth-order valence-corrected chi connectivity index (χ4v) is 3.28. The molecule has 0 saturated heterocycles. The summed E-state index contributed by atoms with van der Waals surface area (Å²) in [5.41, 5.74) is 9.29. The number of hydrogen-bond donors (Lipinski definition) is 1. The molecule has 1 aromatic heterocycles. The summed E-state index contributed by atoms with van der Waals surface area (Å²) in [5, 5.41) is 1.39. The van der Waals surface area contributed by atoms with Gasteiger partial charge >= 0.3 is 0 Å². The number of aldehydes is 1. The minimum atomic E-state index is -0.0544. The first-order valence-corrected chi connectivity index (χ1v) is 8.47. The number of fused-ring (bicyclic) bond motifs is 1. The van der Waals surface area contributed by atoms with Gasteiger partial charge in [0.15, 0.2) is 0 Å². The third-order valence-corrected chi connectivity index (χ3v) is 4.34. The second kappa shape index (κ2) is 7.03. The van der Waals surface area contributed by atoms with Crippen LogP contribution in [0.25, 0.3) is 21.9 Å². The molecular weight excluding hydrogens is 312 g/mol. The van der Waals surface area contributed by atoms with Gasteiger partial charge in [0.1, 0.15) is 6.29 Å². The molecule has 2 N–H and O–H groups in total. The van der Waals surface area contributed by atoms with E-state index in [-0.39, 0.29) is 12.1 Å². The summed E-state index contributed by atoms with van der Waals surface area (Å²) >= 11 is 0. The van der Waals surface area contributed by atoms with Gasteiger partial charge in [-0.2, -0.15) is 0 Å². The van der Waals surface area contributed by atoms with Gasteiger partial charge in [0.2, 0.25) is 0 Å². The van der Waals surface area contributed by atoms with Crippen LogP contribution in [0, 0.1) is 5.92 Å². The Morgan fingerprint density at radius 3 is 2.40 bits per heavy atom. The molecule has 3 aromatic rings. The van der Waals surface area contributed by atoms with E-state index in [1.165, 1.54) is 0 Å². The molecule has 3 rings (SSSR count). The van der Waals surface area contributed by atoms with Gasteiger partial charge in [-0.3, -0.25) is 9.59 Å². The molecule has 128 valence electrons. The van der Waals surface area contributed by atoms with Crippen LogP contribution in [0.3, 0.4) is 0 Å². The second-order valence-electron chi connectivity index (χ2n) is 6.62. The number of carbonyl (C=O) groups is 1. The van der Waals surface area contributed by atoms with Crippen molar-refractivity contribution in [2.45, 2.75) is 26.9 Å². The Bertz CT molecular complexity index is 973. The number of aromatic nitrogens is 1. The summed E-state index contributed by atoms with van der Waals surface area (Å²) in [5.74, 6) is 0.318. The molecule has 1 heterocycles. The third-order valence-electron chi connectivity index (χ3n) is 4.34. The minimum absolute atomic E-state index is 0.0544. The van der Waals surface area contributed by atoms with Crippen molar-refractivity contribution in [2.75, 3.05) is 0 Å². The van der Waals surface area contributed by atoms with Crippen LogP contribution in [-0.4, -0.2) is 10.9 Å². The Labute approximate surface area is 146 Å². The Morgan fingerprint density at radius 2 is 1.80 bits per heavy atom. The van der Waals surface area contributed by atoms with Crippen LogP contribution in [0.4, 0.5) is 0 Å². The Kier molecular flexibility index (Phi) is 4.81. The maximum atomic E-state index is 13.0. The molecule has 0 saturated carbocycles. The Hall–Kier alpha value is -2.72. The van der Waals surface area contributed by atoms with Gasteiger partial charge in [-0.05, 0) is 29.0 Å². The van der Waals surface area contributed by atoms with Crippen molar-refractivity contribution in [1.82, 2.24) is 4.57 Å². The Morgan fingerprint density at radius 1 is 1.08 bits per heavy atom. The van der Waals surface area contributed by atoms with E-state index in [0.717, 1.165) is 28.5 Å². The third kappa shape index (κ3) is 3.13. The zero-order chi connectivity index (χ0) is 18.0. The molecule has 0 spiro atoms. The van der Waals surface area contributed by atoms with Crippen molar-refractivity contribution in [3.63, 3.8) is 0 Å². The lowest BCUT2D eigenvalue weighted by molar-refractivity contribution is 0.112. The molecule has 0 fully saturated rings. The van der Waals surface area contributed by atoms with Crippen molar-refractivity contribution in [3.05, 3.63) is 70.1 Å². The molecule has 2 aromatic carbocycles. The summed E-state index contributed by atoms with van der Waals surface area (Å²) in [6.07, 6.45) is 0.802. The molecule has 0 unspecified atom stereocenters. The highest BCUT2D eigenvalue weighted by Gasteiger charge is 2.18. The van der Waals surface area contributed by atoms with Crippen molar-refractivity contribution in [1.29, 1.82) is 0 Å². The van der Waals surface area contributed by atoms with E-state index in [1.807, 2.05) is 30.3 Å². The molecular formula is C21H22N2O2. The molecule has 0 amide bonds. The van der Waals surface area contributed by atoms with Gasteiger partial charge < -0.3 is 10.3 Å². The highest BCUT2D eigenvalue weighted by molar-refractivity contribution is 5.99. The fraction of sp³-hybridized carbons (Fsp3) is 0.238. The van der Waals surface area contributed by atoms with Crippen molar-refractivity contribution < 1.29 is 4.79 Å². The molecule has 0 aliphatic carbocycles. The molecule has 4 heteroatoms. The van der Waals surface area contributed by atoms with Crippen LogP contribution in [-0.2, 0) is 13.1 Å². The highest BCUT2D eigenvalue weighted by Crippen LogP contribution is 2.31. The monoisotopic (exact) mass is 334 g/mol. The van der Waals surface area contributed by atoms with Gasteiger partial charge in [0, 0.05) is 35.3 Å². The van der Waals surface area contributed by atoms with E-state index in [2.05, 4.69) is 13.8 Å². The molecule has 0 aliphatic heterocycles. The van der Waals surface area contributed by atoms with Crippen LogP contribution in [0.15, 0.2) is 53.3 Å². The lowest BCUT2D eigenvalue weighted by Gasteiger charge is -2.20. The maximum absolute atomic E-state index is 13.0. The lowest BCUT2D eigenvalue weighted by atomic mass is 9.95. The quantitative estimate of drug-likeness (QED) is 0.725. The van der Waals surface area contributed by atoms with Crippen LogP contribution in [0.2, 0.25) is 0 Å². The summed E-state index contributed by atoms with van der Waals surface area (Å²) in [6.45, 7) is 5.02. The number of nitrogens with zero attached hydrogens (tertiary/aromatic N) is 1. The zero-order valence-corrected chi connectivity index (χ0v) is 14.5. The van der Waals surface area contributed by atoms with Crippen LogP contribution in [0.5, 0.6) is 0 Å². The first-order chi connectivity index (χ1) is 12.1. The highest BCUT2D eigenvalue weighted by atomic mass is 16.1. The topological polar surface area (TPSA) is 65.1 Å². The van der Waals surface area contributed by atoms with E-state index < -0.39 is 0 Å². The van der Waals surface area contributed by atoms with Gasteiger partial charge in [-0.15, -0.1) is 0 Å². The van der Waals surface area contributed by atoms with Gasteiger partial charge in [0.05, 0.1) is 0 Å². The standard InChI is InChI=1S/C21H22N2O2/c1-14(2)12-23-19(11-22)20(16-6-4-3-5-7-16)18-10-15(13-24)8-9-17(18)21(23)25/h3-10,13-14H,11-12,22H2,1-2H3. The number of benzene rings is 2. The van der Waals surface area contributed by atoms with Crippen molar-refractivity contribution >= 4 is 17.1 Å². The van der Waals surface area contributed by atoms with Crippen molar-refractivity contribution in [2.24, 2.45) is 11.7 Å². The smallest absolute Gasteiger partial charge is 0.258 e. The first kappa shape index (κ1) is 17.1. The second-order valence-corrected chi connectivity index (χ2v) is 6.62. The van der Waals surface area contributed by atoms with E-state index in [1.54, 1.807) is 22.8 Å². The minimum Gasteiger partial charge on any atom is -0.325 e. The van der Waals surface area contributed by atoms with E-state index in [9.17, 15) is 9.59 Å². The van der Waals surface area contributed by atoms with Gasteiger partial charge in [-0.1, -0.05) is 50.2 Å². The normalized spacial score (nSPS) is 11.2. The summed E-state index contributed by atoms with van der Waals surface area (Å²) < 4.78 is 1.79. The average molecular weight is 334 g/mol. The summed E-state index contributed by atoms with van der Waals surface area (Å²) in [6, 6.07) is 15.1.